The topological polar surface area (TPSA) is 60.0 Å². The zero-order valence-corrected chi connectivity index (χ0v) is 19.2. The van der Waals surface area contributed by atoms with Gasteiger partial charge in [-0.2, -0.15) is 0 Å². The normalized spacial score (nSPS) is 14.1. The lowest BCUT2D eigenvalue weighted by Crippen LogP contribution is -2.49. The summed E-state index contributed by atoms with van der Waals surface area (Å²) in [5.41, 5.74) is 1.63. The molecule has 0 N–H and O–H groups in total. The Morgan fingerprint density at radius 1 is 0.828 bits per heavy atom. The van der Waals surface area contributed by atoms with E-state index in [-0.39, 0.29) is 24.8 Å². The van der Waals surface area contributed by atoms with Crippen LogP contribution in [0.2, 0.25) is 0 Å². The number of anilines is 1. The van der Waals surface area contributed by atoms with Gasteiger partial charge in [0.25, 0.3) is 0 Å². The number of ether oxygens (including phenoxy) is 3. The van der Waals surface area contributed by atoms with Crippen LogP contribution in [0.25, 0.3) is 11.3 Å². The molecule has 7 nitrogen and oxygen atoms in total. The highest BCUT2D eigenvalue weighted by atomic mass is 35.5. The van der Waals surface area contributed by atoms with Crippen LogP contribution in [0.15, 0.2) is 24.5 Å². The van der Waals surface area contributed by atoms with Crippen LogP contribution in [0, 0.1) is 0 Å². The molecule has 0 radical (unpaired) electrons. The summed E-state index contributed by atoms with van der Waals surface area (Å²) in [5.74, 6) is 2.68. The number of hydrogen-bond donors (Lipinski definition) is 0. The molecule has 0 unspecified atom stereocenters. The molecule has 1 aliphatic heterocycles. The summed E-state index contributed by atoms with van der Waals surface area (Å²) in [6.07, 6.45) is 3.63. The smallest absolute Gasteiger partial charge is 0.203 e. The maximum absolute atomic E-state index is 5.42. The van der Waals surface area contributed by atoms with Crippen molar-refractivity contribution < 1.29 is 14.2 Å². The Labute approximate surface area is 185 Å². The lowest BCUT2D eigenvalue weighted by Gasteiger charge is -2.37. The van der Waals surface area contributed by atoms with Crippen LogP contribution in [0.1, 0.15) is 13.8 Å². The Morgan fingerprint density at radius 2 is 1.41 bits per heavy atom. The van der Waals surface area contributed by atoms with Gasteiger partial charge in [0, 0.05) is 37.8 Å². The fraction of sp³-hybridized carbons (Fsp3) is 0.500. The Morgan fingerprint density at radius 3 is 1.83 bits per heavy atom. The van der Waals surface area contributed by atoms with Gasteiger partial charge in [0.15, 0.2) is 11.5 Å². The molecule has 3 rings (SSSR count). The number of benzene rings is 1. The molecule has 1 fully saturated rings. The number of piperazine rings is 1. The summed E-state index contributed by atoms with van der Waals surface area (Å²) in [6, 6.07) is 4.35. The standard InChI is InChI=1S/C20H28N4O3.2ClH/c1-14(2)23-6-8-24(9-7-23)19-13-21-16(12-22-19)15-10-17(25-3)20(27-5)18(11-15)26-4;;/h10-14H,6-9H2,1-5H3;2*1H. The first-order valence-electron chi connectivity index (χ1n) is 9.18. The van der Waals surface area contributed by atoms with Gasteiger partial charge in [-0.1, -0.05) is 0 Å². The van der Waals surface area contributed by atoms with Crippen molar-refractivity contribution in [3.63, 3.8) is 0 Å². The third-order valence-electron chi connectivity index (χ3n) is 4.97. The van der Waals surface area contributed by atoms with E-state index in [0.29, 0.717) is 23.3 Å². The minimum absolute atomic E-state index is 0. The van der Waals surface area contributed by atoms with E-state index in [2.05, 4.69) is 33.6 Å². The van der Waals surface area contributed by atoms with Gasteiger partial charge < -0.3 is 19.1 Å². The van der Waals surface area contributed by atoms with Gasteiger partial charge in [-0.3, -0.25) is 9.88 Å². The third kappa shape index (κ3) is 5.56. The first-order chi connectivity index (χ1) is 13.1. The number of aromatic nitrogens is 2. The highest BCUT2D eigenvalue weighted by Gasteiger charge is 2.20. The van der Waals surface area contributed by atoms with Crippen molar-refractivity contribution in [1.82, 2.24) is 14.9 Å². The molecule has 2 heterocycles. The molecule has 0 bridgehead atoms. The maximum atomic E-state index is 5.42. The van der Waals surface area contributed by atoms with Crippen molar-refractivity contribution >= 4 is 30.6 Å². The van der Waals surface area contributed by atoms with E-state index >= 15 is 0 Å². The minimum Gasteiger partial charge on any atom is -0.493 e. The Balaban J connectivity index is 0.00000210. The van der Waals surface area contributed by atoms with Crippen molar-refractivity contribution in [2.75, 3.05) is 52.4 Å². The molecule has 0 atom stereocenters. The number of rotatable bonds is 6. The highest BCUT2D eigenvalue weighted by Crippen LogP contribution is 2.40. The van der Waals surface area contributed by atoms with Gasteiger partial charge in [-0.05, 0) is 26.0 Å². The largest absolute Gasteiger partial charge is 0.493 e. The van der Waals surface area contributed by atoms with Crippen molar-refractivity contribution in [1.29, 1.82) is 0 Å². The molecule has 0 spiro atoms. The summed E-state index contributed by atoms with van der Waals surface area (Å²) in [7, 11) is 4.80. The quantitative estimate of drug-likeness (QED) is 0.674. The molecular weight excluding hydrogens is 415 g/mol. The molecule has 1 saturated heterocycles. The van der Waals surface area contributed by atoms with Crippen molar-refractivity contribution in [2.24, 2.45) is 0 Å². The summed E-state index contributed by atoms with van der Waals surface area (Å²) in [5, 5.41) is 0. The van der Waals surface area contributed by atoms with Crippen LogP contribution in [-0.4, -0.2) is 68.4 Å². The molecule has 162 valence electrons. The molecule has 9 heteroatoms. The molecule has 29 heavy (non-hydrogen) atoms. The lowest BCUT2D eigenvalue weighted by atomic mass is 10.1. The minimum atomic E-state index is 0. The monoisotopic (exact) mass is 444 g/mol. The average Bonchev–Trinajstić information content (AvgIpc) is 2.72. The van der Waals surface area contributed by atoms with Crippen LogP contribution in [0.3, 0.4) is 0 Å². The Kier molecular flexibility index (Phi) is 9.76. The van der Waals surface area contributed by atoms with Gasteiger partial charge in [-0.25, -0.2) is 4.98 Å². The van der Waals surface area contributed by atoms with Gasteiger partial charge in [0.2, 0.25) is 5.75 Å². The second kappa shape index (κ2) is 11.3. The predicted molar refractivity (Wildman–Crippen MR) is 121 cm³/mol. The van der Waals surface area contributed by atoms with Crippen molar-refractivity contribution in [2.45, 2.75) is 19.9 Å². The zero-order valence-electron chi connectivity index (χ0n) is 17.5. The van der Waals surface area contributed by atoms with E-state index in [1.807, 2.05) is 18.3 Å². The molecule has 2 aromatic rings. The number of halogens is 2. The van der Waals surface area contributed by atoms with E-state index < -0.39 is 0 Å². The third-order valence-corrected chi connectivity index (χ3v) is 4.97. The fourth-order valence-corrected chi connectivity index (χ4v) is 3.33. The summed E-state index contributed by atoms with van der Waals surface area (Å²) in [6.45, 7) is 8.51. The summed E-state index contributed by atoms with van der Waals surface area (Å²) >= 11 is 0. The number of hydrogen-bond acceptors (Lipinski definition) is 7. The number of nitrogens with zero attached hydrogens (tertiary/aromatic N) is 4. The van der Waals surface area contributed by atoms with E-state index in [4.69, 9.17) is 14.2 Å². The summed E-state index contributed by atoms with van der Waals surface area (Å²) in [4.78, 5) is 14.0. The van der Waals surface area contributed by atoms with E-state index in [9.17, 15) is 0 Å². The second-order valence-electron chi connectivity index (χ2n) is 6.79. The fourth-order valence-electron chi connectivity index (χ4n) is 3.33. The average molecular weight is 445 g/mol. The van der Waals surface area contributed by atoms with Crippen LogP contribution in [0.4, 0.5) is 5.82 Å². The van der Waals surface area contributed by atoms with Gasteiger partial charge in [0.05, 0.1) is 39.4 Å². The highest BCUT2D eigenvalue weighted by molar-refractivity contribution is 5.85. The molecular formula is C20H30Cl2N4O3. The first kappa shape index (κ1) is 25.1. The Bertz CT molecular complexity index is 742. The van der Waals surface area contributed by atoms with Crippen LogP contribution in [-0.2, 0) is 0 Å². The second-order valence-corrected chi connectivity index (χ2v) is 6.79. The van der Waals surface area contributed by atoms with E-state index in [1.165, 1.54) is 0 Å². The van der Waals surface area contributed by atoms with Gasteiger partial charge >= 0.3 is 0 Å². The summed E-state index contributed by atoms with van der Waals surface area (Å²) < 4.78 is 16.2. The van der Waals surface area contributed by atoms with Crippen LogP contribution in [0.5, 0.6) is 17.2 Å². The zero-order chi connectivity index (χ0) is 19.4. The molecule has 0 amide bonds. The molecule has 1 aromatic heterocycles. The van der Waals surface area contributed by atoms with Gasteiger partial charge in [0.1, 0.15) is 5.82 Å². The van der Waals surface area contributed by atoms with Crippen molar-refractivity contribution in [3.05, 3.63) is 24.5 Å². The van der Waals surface area contributed by atoms with E-state index in [1.54, 1.807) is 27.5 Å². The Hall–Kier alpha value is -1.96. The SMILES string of the molecule is COc1cc(-c2cnc(N3CCN(C(C)C)CC3)cn2)cc(OC)c1OC.Cl.Cl. The molecule has 1 aromatic carbocycles. The molecule has 1 aliphatic rings. The van der Waals surface area contributed by atoms with Crippen molar-refractivity contribution in [3.8, 4) is 28.5 Å². The van der Waals surface area contributed by atoms with Crippen LogP contribution >= 0.6 is 24.8 Å². The lowest BCUT2D eigenvalue weighted by molar-refractivity contribution is 0.209. The van der Waals surface area contributed by atoms with Gasteiger partial charge in [-0.15, -0.1) is 24.8 Å². The number of methoxy groups -OCH3 is 3. The molecule has 0 aliphatic carbocycles. The molecule has 0 saturated carbocycles. The first-order valence-corrected chi connectivity index (χ1v) is 9.18. The maximum Gasteiger partial charge on any atom is 0.203 e. The van der Waals surface area contributed by atoms with Crippen LogP contribution < -0.4 is 19.1 Å². The predicted octanol–water partition coefficient (Wildman–Crippen LogP) is 3.54. The van der Waals surface area contributed by atoms with E-state index in [0.717, 1.165) is 43.3 Å².